The molecular weight excluding hydrogens is 546 g/mol. The zero-order chi connectivity index (χ0) is 29.0. The number of oxazole rings is 1. The third-order valence-corrected chi connectivity index (χ3v) is 8.39. The Morgan fingerprint density at radius 3 is 2.45 bits per heavy atom. The number of nitrogens with one attached hydrogen (secondary N) is 1. The third-order valence-electron chi connectivity index (χ3n) is 8.39. The molecule has 0 atom stereocenters. The molecule has 0 saturated heterocycles. The van der Waals surface area contributed by atoms with Crippen LogP contribution in [-0.2, 0) is 19.8 Å². The Labute approximate surface area is 239 Å². The van der Waals surface area contributed by atoms with Crippen LogP contribution in [0.3, 0.4) is 0 Å². The van der Waals surface area contributed by atoms with Gasteiger partial charge in [0.25, 0.3) is 0 Å². The van der Waals surface area contributed by atoms with E-state index in [0.29, 0.717) is 34.0 Å². The molecule has 6 nitrogen and oxygen atoms in total. The van der Waals surface area contributed by atoms with Gasteiger partial charge in [0.1, 0.15) is 23.2 Å². The average Bonchev–Trinajstić information content (AvgIpc) is 3.56. The molecule has 2 aliphatic carbocycles. The SMILES string of the molecule is Cn1cnnc1-c1c(-c2ccccc2)cc(C2CC2)c(F)c1-c1nc2cc(CNCC3CCC3)cc(C(F)(F)F)c2o1. The second-order valence-corrected chi connectivity index (χ2v) is 11.4. The molecule has 2 saturated carbocycles. The number of rotatable bonds is 8. The molecule has 0 spiro atoms. The summed E-state index contributed by atoms with van der Waals surface area (Å²) in [4.78, 5) is 4.51. The molecule has 1 N–H and O–H groups in total. The van der Waals surface area contributed by atoms with Crippen LogP contribution in [0.25, 0.3) is 45.1 Å². The molecule has 0 unspecified atom stereocenters. The van der Waals surface area contributed by atoms with E-state index in [1.54, 1.807) is 17.7 Å². The van der Waals surface area contributed by atoms with Crippen molar-refractivity contribution in [3.63, 3.8) is 0 Å². The minimum atomic E-state index is -4.69. The predicted octanol–water partition coefficient (Wildman–Crippen LogP) is 7.88. The third kappa shape index (κ3) is 4.87. The Morgan fingerprint density at radius 2 is 1.81 bits per heavy atom. The standard InChI is InChI=1S/C32H29F4N5O/c1-41-17-38-40-30(41)26-22(20-8-3-2-4-9-20)14-23(21-10-11-21)28(33)27(26)31-39-25-13-19(16-37-15-18-6-5-7-18)12-24(29(25)42-31)32(34,35)36/h2-4,8-9,12-14,17-18,21,37H,5-7,10-11,15-16H2,1H3. The van der Waals surface area contributed by atoms with Gasteiger partial charge in [0.05, 0.1) is 5.56 Å². The predicted molar refractivity (Wildman–Crippen MR) is 151 cm³/mol. The maximum atomic E-state index is 16.6. The first-order chi connectivity index (χ1) is 20.3. The lowest BCUT2D eigenvalue weighted by Crippen LogP contribution is -2.27. The monoisotopic (exact) mass is 575 g/mol. The Balaban J connectivity index is 1.44. The van der Waals surface area contributed by atoms with E-state index in [1.807, 2.05) is 36.4 Å². The minimum absolute atomic E-state index is 0.0108. The lowest BCUT2D eigenvalue weighted by atomic mass is 9.85. The van der Waals surface area contributed by atoms with Crippen LogP contribution < -0.4 is 5.32 Å². The number of alkyl halides is 3. The van der Waals surface area contributed by atoms with Gasteiger partial charge in [0, 0.05) is 19.2 Å². The lowest BCUT2D eigenvalue weighted by Gasteiger charge is -2.25. The van der Waals surface area contributed by atoms with E-state index in [2.05, 4.69) is 20.5 Å². The van der Waals surface area contributed by atoms with Crippen molar-refractivity contribution in [2.75, 3.05) is 6.54 Å². The molecule has 0 bridgehead atoms. The fraction of sp³-hybridized carbons (Fsp3) is 0.344. The van der Waals surface area contributed by atoms with Crippen LogP contribution in [0, 0.1) is 11.7 Å². The highest BCUT2D eigenvalue weighted by molar-refractivity contribution is 5.93. The normalized spacial score (nSPS) is 15.8. The molecule has 10 heteroatoms. The summed E-state index contributed by atoms with van der Waals surface area (Å²) in [5.74, 6) is 0.157. The average molecular weight is 576 g/mol. The number of halogens is 4. The Bertz CT molecular complexity index is 1770. The largest absolute Gasteiger partial charge is 0.435 e. The van der Waals surface area contributed by atoms with Crippen molar-refractivity contribution in [1.29, 1.82) is 0 Å². The van der Waals surface area contributed by atoms with Gasteiger partial charge in [-0.05, 0) is 84.5 Å². The number of aryl methyl sites for hydroxylation is 1. The number of fused-ring (bicyclic) bond motifs is 1. The topological polar surface area (TPSA) is 68.8 Å². The summed E-state index contributed by atoms with van der Waals surface area (Å²) in [5, 5.41) is 11.5. The van der Waals surface area contributed by atoms with Gasteiger partial charge in [-0.3, -0.25) is 0 Å². The van der Waals surface area contributed by atoms with E-state index >= 15 is 4.39 Å². The zero-order valence-electron chi connectivity index (χ0n) is 23.0. The summed E-state index contributed by atoms with van der Waals surface area (Å²) in [7, 11) is 1.73. The minimum Gasteiger partial charge on any atom is -0.435 e. The summed E-state index contributed by atoms with van der Waals surface area (Å²) in [6, 6.07) is 14.0. The van der Waals surface area contributed by atoms with Gasteiger partial charge >= 0.3 is 6.18 Å². The number of hydrogen-bond donors (Lipinski definition) is 1. The van der Waals surface area contributed by atoms with Crippen LogP contribution in [0.5, 0.6) is 0 Å². The molecule has 3 aromatic carbocycles. The lowest BCUT2D eigenvalue weighted by molar-refractivity contribution is -0.136. The molecule has 2 heterocycles. The Kier molecular flexibility index (Phi) is 6.61. The Morgan fingerprint density at radius 1 is 1.02 bits per heavy atom. The van der Waals surface area contributed by atoms with Crippen molar-refractivity contribution < 1.29 is 22.0 Å². The number of hydrogen-bond acceptors (Lipinski definition) is 5. The highest BCUT2D eigenvalue weighted by Crippen LogP contribution is 2.49. The highest BCUT2D eigenvalue weighted by atomic mass is 19.4. The second-order valence-electron chi connectivity index (χ2n) is 11.4. The van der Waals surface area contributed by atoms with Crippen LogP contribution in [0.15, 0.2) is 59.3 Å². The summed E-state index contributed by atoms with van der Waals surface area (Å²) in [6.45, 7) is 1.03. The van der Waals surface area contributed by atoms with Gasteiger partial charge in [-0.2, -0.15) is 13.2 Å². The molecule has 0 amide bonds. The van der Waals surface area contributed by atoms with Crippen molar-refractivity contribution in [3.05, 3.63) is 77.4 Å². The van der Waals surface area contributed by atoms with E-state index in [1.165, 1.54) is 12.7 Å². The zero-order valence-corrected chi connectivity index (χ0v) is 23.0. The molecule has 7 rings (SSSR count). The molecule has 42 heavy (non-hydrogen) atoms. The van der Waals surface area contributed by atoms with Crippen molar-refractivity contribution in [2.45, 2.75) is 50.7 Å². The van der Waals surface area contributed by atoms with Gasteiger partial charge in [-0.1, -0.05) is 36.8 Å². The summed E-state index contributed by atoms with van der Waals surface area (Å²) >= 11 is 0. The fourth-order valence-corrected chi connectivity index (χ4v) is 5.79. The first-order valence-corrected chi connectivity index (χ1v) is 14.3. The van der Waals surface area contributed by atoms with Crippen LogP contribution >= 0.6 is 0 Å². The van der Waals surface area contributed by atoms with Crippen molar-refractivity contribution in [3.8, 4) is 34.0 Å². The molecule has 5 aromatic rings. The van der Waals surface area contributed by atoms with Gasteiger partial charge in [-0.15, -0.1) is 10.2 Å². The summed E-state index contributed by atoms with van der Waals surface area (Å²) < 4.78 is 67.1. The van der Waals surface area contributed by atoms with Crippen LogP contribution in [-0.4, -0.2) is 26.3 Å². The molecule has 2 fully saturated rings. The van der Waals surface area contributed by atoms with E-state index < -0.39 is 23.1 Å². The Hall–Kier alpha value is -4.05. The van der Waals surface area contributed by atoms with Crippen LogP contribution in [0.2, 0.25) is 0 Å². The number of aromatic nitrogens is 4. The molecule has 2 aliphatic rings. The number of benzene rings is 3. The van der Waals surface area contributed by atoms with Gasteiger partial charge < -0.3 is 14.3 Å². The molecule has 0 aliphatic heterocycles. The van der Waals surface area contributed by atoms with Crippen molar-refractivity contribution in [2.24, 2.45) is 13.0 Å². The van der Waals surface area contributed by atoms with Crippen molar-refractivity contribution in [1.82, 2.24) is 25.1 Å². The molecule has 0 radical (unpaired) electrons. The molecule has 216 valence electrons. The highest BCUT2D eigenvalue weighted by Gasteiger charge is 2.37. The van der Waals surface area contributed by atoms with E-state index in [9.17, 15) is 13.2 Å². The molecule has 2 aromatic heterocycles. The fourth-order valence-electron chi connectivity index (χ4n) is 5.79. The number of nitrogens with zero attached hydrogens (tertiary/aromatic N) is 4. The van der Waals surface area contributed by atoms with Crippen LogP contribution in [0.1, 0.15) is 54.7 Å². The quantitative estimate of drug-likeness (QED) is 0.191. The van der Waals surface area contributed by atoms with E-state index in [4.69, 9.17) is 4.42 Å². The maximum absolute atomic E-state index is 16.6. The molecular formula is C32H29F4N5O. The van der Waals surface area contributed by atoms with Gasteiger partial charge in [0.15, 0.2) is 11.4 Å². The van der Waals surface area contributed by atoms with Crippen molar-refractivity contribution >= 4 is 11.1 Å². The summed E-state index contributed by atoms with van der Waals surface area (Å²) in [6.07, 6.45) is 1.94. The first-order valence-electron chi connectivity index (χ1n) is 14.3. The van der Waals surface area contributed by atoms with Crippen LogP contribution in [0.4, 0.5) is 17.6 Å². The summed E-state index contributed by atoms with van der Waals surface area (Å²) in [5.41, 5.74) is 1.47. The van der Waals surface area contributed by atoms with E-state index in [0.717, 1.165) is 43.9 Å². The van der Waals surface area contributed by atoms with Gasteiger partial charge in [-0.25, -0.2) is 9.37 Å². The van der Waals surface area contributed by atoms with E-state index in [-0.39, 0.29) is 29.4 Å². The maximum Gasteiger partial charge on any atom is 0.420 e. The second kappa shape index (κ2) is 10.3. The first kappa shape index (κ1) is 26.8. The van der Waals surface area contributed by atoms with Gasteiger partial charge in [0.2, 0.25) is 5.89 Å². The smallest absolute Gasteiger partial charge is 0.420 e.